The van der Waals surface area contributed by atoms with E-state index in [0.717, 1.165) is 6.42 Å². The van der Waals surface area contributed by atoms with Crippen molar-refractivity contribution in [3.05, 3.63) is 21.4 Å². The zero-order valence-corrected chi connectivity index (χ0v) is 8.41. The zero-order chi connectivity index (χ0) is 11.8. The maximum absolute atomic E-state index is 7.12. The number of thiophene rings is 1. The molecule has 0 bridgehead atoms. The second kappa shape index (κ2) is 3.78. The van der Waals surface area contributed by atoms with E-state index < -0.39 is 6.98 Å². The predicted octanol–water partition coefficient (Wildman–Crippen LogP) is 1.89. The van der Waals surface area contributed by atoms with Crippen molar-refractivity contribution in [3.63, 3.8) is 0 Å². The second-order valence-corrected chi connectivity index (χ2v) is 4.21. The molecule has 1 aliphatic heterocycles. The number of hydrogen-bond donors (Lipinski definition) is 1. The lowest BCUT2D eigenvalue weighted by molar-refractivity contribution is 0.0447. The fraction of sp³-hybridized carbons (Fsp3) is 0.600. The van der Waals surface area contributed by atoms with E-state index in [1.165, 1.54) is 16.0 Å². The maximum Gasteiger partial charge on any atom is 0.0962 e. The van der Waals surface area contributed by atoms with Gasteiger partial charge in [0.1, 0.15) is 0 Å². The number of rotatable bonds is 2. The van der Waals surface area contributed by atoms with Crippen LogP contribution in [0.3, 0.4) is 0 Å². The van der Waals surface area contributed by atoms with Crippen molar-refractivity contribution < 1.29 is 8.85 Å². The molecule has 0 amide bonds. The molecule has 0 fully saturated rings. The smallest absolute Gasteiger partial charge is 0.0962 e. The molecule has 0 aromatic carbocycles. The summed E-state index contributed by atoms with van der Waals surface area (Å²) in [5.74, 6) is 0. The molecule has 72 valence electrons. The topological polar surface area (TPSA) is 21.3 Å². The minimum Gasteiger partial charge on any atom is -0.372 e. The molecule has 1 atom stereocenters. The average Bonchev–Trinajstić information content (AvgIpc) is 2.57. The van der Waals surface area contributed by atoms with E-state index in [9.17, 15) is 0 Å². The first-order chi connectivity index (χ1) is 7.47. The Morgan fingerprint density at radius 3 is 3.62 bits per heavy atom. The summed E-state index contributed by atoms with van der Waals surface area (Å²) in [5.41, 5.74) is 2.39. The molecular weight excluding hydrogens is 182 g/mol. The van der Waals surface area contributed by atoms with E-state index in [-0.39, 0.29) is 6.10 Å². The largest absolute Gasteiger partial charge is 0.372 e. The molecule has 1 aliphatic rings. The van der Waals surface area contributed by atoms with Gasteiger partial charge in [-0.15, -0.1) is 11.3 Å². The third-order valence-corrected chi connectivity index (χ3v) is 3.54. The highest BCUT2D eigenvalue weighted by atomic mass is 32.1. The Morgan fingerprint density at radius 1 is 1.85 bits per heavy atom. The third kappa shape index (κ3) is 1.64. The molecule has 13 heavy (non-hydrogen) atoms. The van der Waals surface area contributed by atoms with Crippen LogP contribution in [-0.2, 0) is 11.2 Å². The van der Waals surface area contributed by atoms with Crippen LogP contribution in [0.2, 0.25) is 0 Å². The highest BCUT2D eigenvalue weighted by Crippen LogP contribution is 2.33. The van der Waals surface area contributed by atoms with Crippen LogP contribution in [0.15, 0.2) is 5.38 Å². The summed E-state index contributed by atoms with van der Waals surface area (Å²) >= 11 is 1.74. The Bertz CT molecular complexity index is 375. The van der Waals surface area contributed by atoms with Crippen molar-refractivity contribution in [1.82, 2.24) is 5.32 Å². The van der Waals surface area contributed by atoms with Gasteiger partial charge in [-0.2, -0.15) is 0 Å². The standard InChI is InChI=1S/C10H15NOS/c1-7-6-13-9-3-4-12-8(5-11-2)10(7)9/h6,8,11H,3-5H2,1-2H3/t8-/m1/s1/i2D3. The van der Waals surface area contributed by atoms with Crippen molar-refractivity contribution in [3.8, 4) is 0 Å². The second-order valence-electron chi connectivity index (χ2n) is 3.25. The van der Waals surface area contributed by atoms with Crippen LogP contribution in [-0.4, -0.2) is 20.1 Å². The lowest BCUT2D eigenvalue weighted by Gasteiger charge is -2.24. The Kier molecular flexibility index (Phi) is 1.79. The molecule has 0 aliphatic carbocycles. The average molecular weight is 200 g/mol. The quantitative estimate of drug-likeness (QED) is 0.787. The molecule has 1 aromatic rings. The summed E-state index contributed by atoms with van der Waals surface area (Å²) in [6.45, 7) is 0.985. The van der Waals surface area contributed by atoms with Crippen molar-refractivity contribution in [2.45, 2.75) is 19.4 Å². The molecule has 3 heteroatoms. The van der Waals surface area contributed by atoms with Gasteiger partial charge in [0.2, 0.25) is 0 Å². The van der Waals surface area contributed by atoms with E-state index in [2.05, 4.69) is 10.7 Å². The molecule has 0 saturated carbocycles. The van der Waals surface area contributed by atoms with Gasteiger partial charge in [0.05, 0.1) is 12.7 Å². The van der Waals surface area contributed by atoms with Crippen LogP contribution in [0.4, 0.5) is 0 Å². The molecular formula is C10H15NOS. The Hall–Kier alpha value is -0.380. The molecule has 2 nitrogen and oxygen atoms in total. The number of nitrogens with one attached hydrogen (secondary N) is 1. The Labute approximate surface area is 87.1 Å². The first-order valence-corrected chi connectivity index (χ1v) is 5.29. The van der Waals surface area contributed by atoms with Gasteiger partial charge in [-0.1, -0.05) is 0 Å². The first-order valence-electron chi connectivity index (χ1n) is 5.91. The summed E-state index contributed by atoms with van der Waals surface area (Å²) in [5, 5.41) is 4.64. The van der Waals surface area contributed by atoms with E-state index in [1.807, 2.05) is 6.92 Å². The number of fused-ring (bicyclic) bond motifs is 1. The van der Waals surface area contributed by atoms with Crippen molar-refractivity contribution >= 4 is 11.3 Å². The molecule has 0 radical (unpaired) electrons. The van der Waals surface area contributed by atoms with Gasteiger partial charge < -0.3 is 10.1 Å². The van der Waals surface area contributed by atoms with Crippen LogP contribution in [0.25, 0.3) is 0 Å². The summed E-state index contributed by atoms with van der Waals surface area (Å²) in [6, 6.07) is 0. The molecule has 2 rings (SSSR count). The van der Waals surface area contributed by atoms with Crippen molar-refractivity contribution in [2.75, 3.05) is 20.1 Å². The fourth-order valence-electron chi connectivity index (χ4n) is 1.76. The zero-order valence-electron chi connectivity index (χ0n) is 10.6. The lowest BCUT2D eigenvalue weighted by atomic mass is 10.0. The summed E-state index contributed by atoms with van der Waals surface area (Å²) < 4.78 is 27.0. The number of aryl methyl sites for hydroxylation is 1. The number of ether oxygens (including phenoxy) is 1. The highest BCUT2D eigenvalue weighted by Gasteiger charge is 2.23. The van der Waals surface area contributed by atoms with E-state index >= 15 is 0 Å². The minimum atomic E-state index is -2.09. The van der Waals surface area contributed by atoms with Gasteiger partial charge in [0, 0.05) is 22.0 Å². The molecule has 1 aromatic heterocycles. The Balaban J connectivity index is 2.10. The van der Waals surface area contributed by atoms with E-state index in [1.54, 1.807) is 11.3 Å². The monoisotopic (exact) mass is 200 g/mol. The molecule has 1 N–H and O–H groups in total. The van der Waals surface area contributed by atoms with E-state index in [4.69, 9.17) is 8.85 Å². The van der Waals surface area contributed by atoms with Gasteiger partial charge in [0.15, 0.2) is 0 Å². The van der Waals surface area contributed by atoms with Crippen molar-refractivity contribution in [2.24, 2.45) is 0 Å². The van der Waals surface area contributed by atoms with Crippen LogP contribution < -0.4 is 5.32 Å². The summed E-state index contributed by atoms with van der Waals surface area (Å²) in [7, 11) is 0. The minimum absolute atomic E-state index is 0.115. The Morgan fingerprint density at radius 2 is 2.77 bits per heavy atom. The normalized spacial score (nSPS) is 25.9. The van der Waals surface area contributed by atoms with Gasteiger partial charge in [-0.05, 0) is 30.4 Å². The predicted molar refractivity (Wildman–Crippen MR) is 55.4 cm³/mol. The van der Waals surface area contributed by atoms with E-state index in [0.29, 0.717) is 13.2 Å². The molecule has 0 unspecified atom stereocenters. The highest BCUT2D eigenvalue weighted by molar-refractivity contribution is 7.10. The van der Waals surface area contributed by atoms with Gasteiger partial charge in [0.25, 0.3) is 0 Å². The van der Waals surface area contributed by atoms with Gasteiger partial charge in [-0.25, -0.2) is 0 Å². The lowest BCUT2D eigenvalue weighted by Crippen LogP contribution is -2.24. The van der Waals surface area contributed by atoms with Crippen LogP contribution in [0.5, 0.6) is 0 Å². The fourth-order valence-corrected chi connectivity index (χ4v) is 2.83. The maximum atomic E-state index is 7.12. The van der Waals surface area contributed by atoms with Gasteiger partial charge in [-0.3, -0.25) is 0 Å². The summed E-state index contributed by atoms with van der Waals surface area (Å²) in [4.78, 5) is 1.33. The third-order valence-electron chi connectivity index (χ3n) is 2.36. The number of hydrogen-bond acceptors (Lipinski definition) is 3. The van der Waals surface area contributed by atoms with Gasteiger partial charge >= 0.3 is 0 Å². The summed E-state index contributed by atoms with van der Waals surface area (Å²) in [6.07, 6.45) is 0.827. The molecule has 2 heterocycles. The number of likely N-dealkylation sites (N-methyl/N-ethyl adjacent to an activating group) is 1. The van der Waals surface area contributed by atoms with Crippen LogP contribution in [0, 0.1) is 6.92 Å². The molecule has 0 saturated heterocycles. The molecule has 0 spiro atoms. The van der Waals surface area contributed by atoms with Crippen LogP contribution >= 0.6 is 11.3 Å². The van der Waals surface area contributed by atoms with Crippen molar-refractivity contribution in [1.29, 1.82) is 0 Å². The first kappa shape index (κ1) is 6.17. The van der Waals surface area contributed by atoms with Crippen LogP contribution in [0.1, 0.15) is 26.2 Å². The SMILES string of the molecule is [2H]C([2H])([2H])NC[C@H]1OCCc2scc(C)c21.